The number of furan rings is 1. The average Bonchev–Trinajstić information content (AvgIpc) is 3.77. The molecule has 0 N–H and O–H groups in total. The molecule has 234 valence electrons. The molecular formula is C45H27N3OS. The molecule has 10 aromatic rings. The van der Waals surface area contributed by atoms with Gasteiger partial charge in [-0.3, -0.25) is 0 Å². The largest absolute Gasteiger partial charge is 0.455 e. The molecule has 0 aliphatic heterocycles. The van der Waals surface area contributed by atoms with Crippen molar-refractivity contribution in [3.05, 3.63) is 164 Å². The van der Waals surface area contributed by atoms with Crippen LogP contribution in [0.25, 0.3) is 98.5 Å². The lowest BCUT2D eigenvalue weighted by Crippen LogP contribution is -2.00. The van der Waals surface area contributed by atoms with Crippen LogP contribution < -0.4 is 0 Å². The molecule has 0 spiro atoms. The van der Waals surface area contributed by atoms with Crippen molar-refractivity contribution in [3.63, 3.8) is 0 Å². The van der Waals surface area contributed by atoms with E-state index < -0.39 is 0 Å². The Hall–Kier alpha value is -6.43. The molecule has 0 saturated heterocycles. The van der Waals surface area contributed by atoms with Crippen LogP contribution in [-0.4, -0.2) is 15.0 Å². The summed E-state index contributed by atoms with van der Waals surface area (Å²) in [4.78, 5) is 15.2. The van der Waals surface area contributed by atoms with Gasteiger partial charge in [0.2, 0.25) is 0 Å². The van der Waals surface area contributed by atoms with Crippen LogP contribution in [0.4, 0.5) is 0 Å². The van der Waals surface area contributed by atoms with E-state index in [4.69, 9.17) is 19.4 Å². The molecule has 0 unspecified atom stereocenters. The summed E-state index contributed by atoms with van der Waals surface area (Å²) >= 11 is 1.83. The molecule has 50 heavy (non-hydrogen) atoms. The maximum atomic E-state index is 6.40. The van der Waals surface area contributed by atoms with Crippen LogP contribution in [0.3, 0.4) is 0 Å². The summed E-state index contributed by atoms with van der Waals surface area (Å²) in [5.41, 5.74) is 9.19. The molecule has 0 amide bonds. The molecule has 0 radical (unpaired) electrons. The highest BCUT2D eigenvalue weighted by Gasteiger charge is 2.19. The first-order chi connectivity index (χ1) is 24.8. The van der Waals surface area contributed by atoms with E-state index in [0.717, 1.165) is 38.6 Å². The van der Waals surface area contributed by atoms with E-state index in [1.54, 1.807) is 0 Å². The van der Waals surface area contributed by atoms with Gasteiger partial charge in [0.1, 0.15) is 11.2 Å². The number of para-hydroxylation sites is 2. The number of benzene rings is 7. The molecule has 0 aliphatic rings. The van der Waals surface area contributed by atoms with Gasteiger partial charge in [0, 0.05) is 42.1 Å². The molecule has 3 aromatic heterocycles. The summed E-state index contributed by atoms with van der Waals surface area (Å²) in [6.45, 7) is 0. The third kappa shape index (κ3) is 4.79. The Morgan fingerprint density at radius 2 is 0.960 bits per heavy atom. The molecule has 0 atom stereocenters. The summed E-state index contributed by atoms with van der Waals surface area (Å²) in [5, 5.41) is 4.52. The standard InChI is InChI=1S/C45H27N3OS/c1-3-11-28(12-4-1)29-21-23-30(24-22-29)33-16-9-18-36-38-27-32(25-26-40(38)50-42(33)36)44-46-43(31-13-5-2-6-14-31)47-45(48-44)37-19-10-17-35-34-15-7-8-20-39(34)49-41(35)37/h1-27H. The smallest absolute Gasteiger partial charge is 0.167 e. The van der Waals surface area contributed by atoms with Crippen LogP contribution in [0.2, 0.25) is 0 Å². The van der Waals surface area contributed by atoms with Crippen LogP contribution in [0, 0.1) is 0 Å². The minimum atomic E-state index is 0.579. The molecule has 10 rings (SSSR count). The summed E-state index contributed by atoms with van der Waals surface area (Å²) in [5.74, 6) is 1.82. The van der Waals surface area contributed by atoms with Crippen LogP contribution in [0.5, 0.6) is 0 Å². The van der Waals surface area contributed by atoms with Crippen molar-refractivity contribution in [1.82, 2.24) is 15.0 Å². The van der Waals surface area contributed by atoms with Crippen LogP contribution in [0.15, 0.2) is 168 Å². The molecule has 5 heteroatoms. The number of hydrogen-bond donors (Lipinski definition) is 0. The average molecular weight is 658 g/mol. The fourth-order valence-electron chi connectivity index (χ4n) is 6.90. The normalized spacial score (nSPS) is 11.6. The third-order valence-electron chi connectivity index (χ3n) is 9.37. The fourth-order valence-corrected chi connectivity index (χ4v) is 8.12. The van der Waals surface area contributed by atoms with Crippen LogP contribution in [-0.2, 0) is 0 Å². The van der Waals surface area contributed by atoms with Gasteiger partial charge >= 0.3 is 0 Å². The van der Waals surface area contributed by atoms with E-state index in [9.17, 15) is 0 Å². The lowest BCUT2D eigenvalue weighted by Gasteiger charge is -2.09. The van der Waals surface area contributed by atoms with Crippen LogP contribution >= 0.6 is 11.3 Å². The van der Waals surface area contributed by atoms with E-state index >= 15 is 0 Å². The minimum Gasteiger partial charge on any atom is -0.455 e. The topological polar surface area (TPSA) is 51.8 Å². The number of nitrogens with zero attached hydrogens (tertiary/aromatic N) is 3. The van der Waals surface area contributed by atoms with E-state index in [0.29, 0.717) is 17.5 Å². The predicted molar refractivity (Wildman–Crippen MR) is 207 cm³/mol. The first-order valence-electron chi connectivity index (χ1n) is 16.6. The van der Waals surface area contributed by atoms with Crippen molar-refractivity contribution in [1.29, 1.82) is 0 Å². The maximum absolute atomic E-state index is 6.40. The predicted octanol–water partition coefficient (Wildman–Crippen LogP) is 12.5. The lowest BCUT2D eigenvalue weighted by atomic mass is 9.99. The lowest BCUT2D eigenvalue weighted by molar-refractivity contribution is 0.669. The monoisotopic (exact) mass is 657 g/mol. The Labute approximate surface area is 292 Å². The molecule has 0 fully saturated rings. The van der Waals surface area contributed by atoms with Gasteiger partial charge in [-0.05, 0) is 52.6 Å². The van der Waals surface area contributed by atoms with Gasteiger partial charge in [-0.25, -0.2) is 15.0 Å². The Morgan fingerprint density at radius 3 is 1.76 bits per heavy atom. The fraction of sp³-hybridized carbons (Fsp3) is 0. The number of aromatic nitrogens is 3. The maximum Gasteiger partial charge on any atom is 0.167 e. The van der Waals surface area contributed by atoms with E-state index in [1.165, 1.54) is 42.4 Å². The van der Waals surface area contributed by atoms with Gasteiger partial charge in [-0.15, -0.1) is 11.3 Å². The second-order valence-corrected chi connectivity index (χ2v) is 13.4. The molecule has 0 aliphatic carbocycles. The van der Waals surface area contributed by atoms with E-state index in [-0.39, 0.29) is 0 Å². The number of hydrogen-bond acceptors (Lipinski definition) is 5. The minimum absolute atomic E-state index is 0.579. The zero-order chi connectivity index (χ0) is 33.0. The highest BCUT2D eigenvalue weighted by Crippen LogP contribution is 2.42. The number of thiophene rings is 1. The number of fused-ring (bicyclic) bond motifs is 6. The molecule has 0 saturated carbocycles. The molecule has 0 bridgehead atoms. The van der Waals surface area contributed by atoms with Gasteiger partial charge < -0.3 is 4.42 Å². The molecule has 3 heterocycles. The van der Waals surface area contributed by atoms with Crippen molar-refractivity contribution in [2.75, 3.05) is 0 Å². The zero-order valence-electron chi connectivity index (χ0n) is 26.7. The second-order valence-electron chi connectivity index (χ2n) is 12.4. The summed E-state index contributed by atoms with van der Waals surface area (Å²) in [7, 11) is 0. The van der Waals surface area contributed by atoms with Gasteiger partial charge in [-0.2, -0.15) is 0 Å². The number of rotatable bonds is 5. The molecule has 7 aromatic carbocycles. The van der Waals surface area contributed by atoms with Crippen molar-refractivity contribution in [2.45, 2.75) is 0 Å². The van der Waals surface area contributed by atoms with Gasteiger partial charge in [0.25, 0.3) is 0 Å². The molecular weight excluding hydrogens is 631 g/mol. The highest BCUT2D eigenvalue weighted by molar-refractivity contribution is 7.26. The van der Waals surface area contributed by atoms with Crippen molar-refractivity contribution < 1.29 is 4.42 Å². The van der Waals surface area contributed by atoms with E-state index in [1.807, 2.05) is 72.0 Å². The van der Waals surface area contributed by atoms with Gasteiger partial charge in [0.15, 0.2) is 17.5 Å². The molecule has 4 nitrogen and oxygen atoms in total. The highest BCUT2D eigenvalue weighted by atomic mass is 32.1. The van der Waals surface area contributed by atoms with E-state index in [2.05, 4.69) is 103 Å². The van der Waals surface area contributed by atoms with Crippen LogP contribution in [0.1, 0.15) is 0 Å². The SMILES string of the molecule is c1ccc(-c2ccc(-c3cccc4c3sc3ccc(-c5nc(-c6ccccc6)nc(-c6cccc7c6oc6ccccc67)n5)cc34)cc2)cc1. The first kappa shape index (κ1) is 28.6. The Morgan fingerprint density at radius 1 is 0.380 bits per heavy atom. The summed E-state index contributed by atoms with van der Waals surface area (Å²) < 4.78 is 8.89. The summed E-state index contributed by atoms with van der Waals surface area (Å²) in [6.07, 6.45) is 0. The third-order valence-corrected chi connectivity index (χ3v) is 10.6. The Kier molecular flexibility index (Phi) is 6.64. The first-order valence-corrected chi connectivity index (χ1v) is 17.4. The Bertz CT molecular complexity index is 2860. The van der Waals surface area contributed by atoms with Gasteiger partial charge in [-0.1, -0.05) is 133 Å². The van der Waals surface area contributed by atoms with Crippen molar-refractivity contribution >= 4 is 53.4 Å². The zero-order valence-corrected chi connectivity index (χ0v) is 27.6. The summed E-state index contributed by atoms with van der Waals surface area (Å²) in [6, 6.07) is 56.9. The second kappa shape index (κ2) is 11.6. The Balaban J connectivity index is 1.12. The van der Waals surface area contributed by atoms with Crippen molar-refractivity contribution in [2.24, 2.45) is 0 Å². The van der Waals surface area contributed by atoms with Gasteiger partial charge in [0.05, 0.1) is 5.56 Å². The van der Waals surface area contributed by atoms with Crippen molar-refractivity contribution in [3.8, 4) is 56.4 Å². The quantitative estimate of drug-likeness (QED) is 0.185.